The van der Waals surface area contributed by atoms with Crippen molar-refractivity contribution in [2.75, 3.05) is 0 Å². The largest absolute Gasteiger partial charge is 0.425 e. The smallest absolute Gasteiger partial charge is 0.300 e. The molecule has 0 aliphatic rings. The second-order valence-electron chi connectivity index (χ2n) is 5.38. The van der Waals surface area contributed by atoms with Crippen molar-refractivity contribution in [2.24, 2.45) is 4.99 Å². The minimum Gasteiger partial charge on any atom is -0.425 e. The van der Waals surface area contributed by atoms with Crippen molar-refractivity contribution in [2.45, 2.75) is 46.7 Å². The fourth-order valence-electron chi connectivity index (χ4n) is 2.03. The van der Waals surface area contributed by atoms with Crippen molar-refractivity contribution in [3.63, 3.8) is 0 Å². The van der Waals surface area contributed by atoms with E-state index in [0.29, 0.717) is 16.7 Å². The molecule has 0 saturated heterocycles. The van der Waals surface area contributed by atoms with Crippen LogP contribution in [0.5, 0.6) is 0 Å². The van der Waals surface area contributed by atoms with Crippen LogP contribution in [0.15, 0.2) is 32.4 Å². The maximum atomic E-state index is 12.6. The first-order chi connectivity index (χ1) is 8.90. The molecule has 0 spiro atoms. The third-order valence-electron chi connectivity index (χ3n) is 2.88. The Kier molecular flexibility index (Phi) is 3.60. The summed E-state index contributed by atoms with van der Waals surface area (Å²) in [6, 6.07) is 5.72. The van der Waals surface area contributed by atoms with Gasteiger partial charge in [0.2, 0.25) is 0 Å². The minimum atomic E-state index is -0.0423. The summed E-state index contributed by atoms with van der Waals surface area (Å²) in [5.41, 5.74) is 1.99. The third kappa shape index (κ3) is 2.62. The molecule has 19 heavy (non-hydrogen) atoms. The number of nitrogens with zero attached hydrogens (tertiary/aromatic N) is 2. The van der Waals surface area contributed by atoms with Crippen LogP contribution in [0.2, 0.25) is 0 Å². The average Bonchev–Trinajstić information content (AvgIpc) is 2.29. The summed E-state index contributed by atoms with van der Waals surface area (Å²) in [5, 5.41) is 0.608. The molecule has 102 valence electrons. The first-order valence-corrected chi connectivity index (χ1v) is 6.60. The van der Waals surface area contributed by atoms with Crippen LogP contribution in [-0.2, 0) is 0 Å². The predicted octanol–water partition coefficient (Wildman–Crippen LogP) is 2.79. The Morgan fingerprint density at radius 1 is 1.21 bits per heavy atom. The van der Waals surface area contributed by atoms with Gasteiger partial charge >= 0.3 is 5.68 Å². The van der Waals surface area contributed by atoms with Crippen molar-refractivity contribution < 1.29 is 4.42 Å². The van der Waals surface area contributed by atoms with Gasteiger partial charge in [-0.15, -0.1) is 0 Å². The molecule has 0 atom stereocenters. The van der Waals surface area contributed by atoms with Crippen molar-refractivity contribution in [1.29, 1.82) is 0 Å². The molecule has 0 aliphatic carbocycles. The first kappa shape index (κ1) is 13.6. The van der Waals surface area contributed by atoms with E-state index < -0.39 is 0 Å². The lowest BCUT2D eigenvalue weighted by molar-refractivity contribution is 0.400. The summed E-state index contributed by atoms with van der Waals surface area (Å²) >= 11 is 0. The Balaban J connectivity index is 2.94. The van der Waals surface area contributed by atoms with E-state index in [-0.39, 0.29) is 17.6 Å². The summed E-state index contributed by atoms with van der Waals surface area (Å²) in [6.45, 7) is 9.80. The van der Waals surface area contributed by atoms with Gasteiger partial charge in [0.15, 0.2) is 0 Å². The average molecular weight is 260 g/mol. The maximum Gasteiger partial charge on any atom is 0.300 e. The lowest BCUT2D eigenvalue weighted by Crippen LogP contribution is -2.35. The second-order valence-corrected chi connectivity index (χ2v) is 5.38. The van der Waals surface area contributed by atoms with Gasteiger partial charge in [0.05, 0.1) is 5.39 Å². The Labute approximate surface area is 112 Å². The van der Waals surface area contributed by atoms with Gasteiger partial charge in [0, 0.05) is 12.1 Å². The second kappa shape index (κ2) is 5.03. The number of hydrogen-bond acceptors (Lipinski definition) is 3. The monoisotopic (exact) mass is 260 g/mol. The van der Waals surface area contributed by atoms with Crippen LogP contribution >= 0.6 is 0 Å². The van der Waals surface area contributed by atoms with Gasteiger partial charge in [-0.1, -0.05) is 11.6 Å². The van der Waals surface area contributed by atoms with Crippen LogP contribution < -0.4 is 11.2 Å². The maximum absolute atomic E-state index is 12.6. The molecule has 1 aromatic heterocycles. The molecule has 0 radical (unpaired) electrons. The highest BCUT2D eigenvalue weighted by molar-refractivity contribution is 5.76. The van der Waals surface area contributed by atoms with Crippen LogP contribution in [0, 0.1) is 6.92 Å². The first-order valence-electron chi connectivity index (χ1n) is 6.60. The number of aryl methyl sites for hydroxylation is 1. The molecular weight excluding hydrogens is 240 g/mol. The number of rotatable bonds is 2. The summed E-state index contributed by atoms with van der Waals surface area (Å²) < 4.78 is 7.41. The van der Waals surface area contributed by atoms with Gasteiger partial charge in [-0.2, -0.15) is 0 Å². The Morgan fingerprint density at radius 2 is 1.89 bits per heavy atom. The molecule has 0 saturated carbocycles. The highest BCUT2D eigenvalue weighted by atomic mass is 16.3. The van der Waals surface area contributed by atoms with Gasteiger partial charge in [-0.05, 0) is 46.8 Å². The van der Waals surface area contributed by atoms with E-state index in [1.807, 2.05) is 52.8 Å². The molecule has 0 unspecified atom stereocenters. The van der Waals surface area contributed by atoms with E-state index in [0.717, 1.165) is 5.56 Å². The zero-order valence-corrected chi connectivity index (χ0v) is 12.1. The van der Waals surface area contributed by atoms with Crippen LogP contribution in [-0.4, -0.2) is 10.6 Å². The number of aromatic nitrogens is 1. The molecular formula is C15H20N2O2. The van der Waals surface area contributed by atoms with Crippen molar-refractivity contribution in [3.05, 3.63) is 39.8 Å². The zero-order chi connectivity index (χ0) is 14.2. The van der Waals surface area contributed by atoms with Crippen molar-refractivity contribution in [1.82, 2.24) is 4.57 Å². The van der Waals surface area contributed by atoms with Gasteiger partial charge in [-0.25, -0.2) is 4.99 Å². The predicted molar refractivity (Wildman–Crippen MR) is 76.3 cm³/mol. The van der Waals surface area contributed by atoms with E-state index in [1.54, 1.807) is 4.57 Å². The summed E-state index contributed by atoms with van der Waals surface area (Å²) in [4.78, 5) is 17.0. The molecule has 1 heterocycles. The number of hydrogen-bond donors (Lipinski definition) is 0. The van der Waals surface area contributed by atoms with Gasteiger partial charge in [-0.3, -0.25) is 9.36 Å². The normalized spacial score (nSPS) is 12.9. The lowest BCUT2D eigenvalue weighted by Gasteiger charge is -2.11. The van der Waals surface area contributed by atoms with Crippen molar-refractivity contribution >= 4 is 11.0 Å². The SMILES string of the molecule is Cc1ccc2oc(=NC(C)C)n(C(C)C)c(=O)c2c1. The zero-order valence-electron chi connectivity index (χ0n) is 12.1. The Morgan fingerprint density at radius 3 is 2.47 bits per heavy atom. The van der Waals surface area contributed by atoms with Gasteiger partial charge < -0.3 is 4.42 Å². The number of benzene rings is 1. The lowest BCUT2D eigenvalue weighted by atomic mass is 10.2. The highest BCUT2D eigenvalue weighted by Gasteiger charge is 2.11. The molecule has 0 amide bonds. The summed E-state index contributed by atoms with van der Waals surface area (Å²) in [7, 11) is 0. The van der Waals surface area contributed by atoms with Crippen molar-refractivity contribution in [3.8, 4) is 0 Å². The molecule has 2 rings (SSSR count). The van der Waals surface area contributed by atoms with E-state index in [2.05, 4.69) is 4.99 Å². The molecule has 4 nitrogen and oxygen atoms in total. The fourth-order valence-corrected chi connectivity index (χ4v) is 2.03. The Bertz CT molecular complexity index is 721. The van der Waals surface area contributed by atoms with E-state index in [4.69, 9.17) is 4.42 Å². The molecule has 4 heteroatoms. The standard InChI is InChI=1S/C15H20N2O2/c1-9(2)16-15-17(10(3)4)14(18)12-8-11(5)6-7-13(12)19-15/h6-10H,1-5H3. The molecule has 2 aromatic rings. The van der Waals surface area contributed by atoms with Crippen LogP contribution in [0.3, 0.4) is 0 Å². The topological polar surface area (TPSA) is 47.5 Å². The van der Waals surface area contributed by atoms with Crippen LogP contribution in [0.1, 0.15) is 39.3 Å². The molecule has 0 fully saturated rings. The minimum absolute atomic E-state index is 0.0127. The number of fused-ring (bicyclic) bond motifs is 1. The molecule has 0 bridgehead atoms. The molecule has 0 aliphatic heterocycles. The third-order valence-corrected chi connectivity index (χ3v) is 2.88. The summed E-state index contributed by atoms with van der Waals surface area (Å²) in [6.07, 6.45) is 0. The Hall–Kier alpha value is -1.84. The summed E-state index contributed by atoms with van der Waals surface area (Å²) in [5.74, 6) is 0. The fraction of sp³-hybridized carbons (Fsp3) is 0.467. The quantitative estimate of drug-likeness (QED) is 0.833. The molecule has 0 N–H and O–H groups in total. The van der Waals surface area contributed by atoms with Crippen LogP contribution in [0.25, 0.3) is 11.0 Å². The van der Waals surface area contributed by atoms with E-state index >= 15 is 0 Å². The highest BCUT2D eigenvalue weighted by Crippen LogP contribution is 2.11. The van der Waals surface area contributed by atoms with E-state index in [9.17, 15) is 4.79 Å². The van der Waals surface area contributed by atoms with Gasteiger partial charge in [0.1, 0.15) is 5.58 Å². The van der Waals surface area contributed by atoms with Gasteiger partial charge in [0.25, 0.3) is 5.56 Å². The molecule has 1 aromatic carbocycles. The van der Waals surface area contributed by atoms with Crippen LogP contribution in [0.4, 0.5) is 0 Å². The van der Waals surface area contributed by atoms with E-state index in [1.165, 1.54) is 0 Å².